The molecule has 0 spiro atoms. The first-order valence-corrected chi connectivity index (χ1v) is 6.53. The van der Waals surface area contributed by atoms with E-state index in [9.17, 15) is 14.4 Å². The van der Waals surface area contributed by atoms with Crippen molar-refractivity contribution in [2.45, 2.75) is 26.3 Å². The predicted molar refractivity (Wildman–Crippen MR) is 71.0 cm³/mol. The lowest BCUT2D eigenvalue weighted by Gasteiger charge is -2.27. The zero-order chi connectivity index (χ0) is 14.2. The SMILES string of the molecule is CCC(C)[C@@H](C(=O)Cl)N1C(=O)c2ccccc2C1=O. The van der Waals surface area contributed by atoms with Gasteiger partial charge in [0.2, 0.25) is 5.24 Å². The maximum atomic E-state index is 12.3. The third-order valence-corrected chi connectivity index (χ3v) is 3.74. The lowest BCUT2D eigenvalue weighted by atomic mass is 9.99. The Morgan fingerprint density at radius 1 is 1.21 bits per heavy atom. The Morgan fingerprint density at radius 3 is 2.05 bits per heavy atom. The maximum Gasteiger partial charge on any atom is 0.262 e. The first-order chi connectivity index (χ1) is 8.99. The van der Waals surface area contributed by atoms with Gasteiger partial charge in [-0.3, -0.25) is 19.3 Å². The van der Waals surface area contributed by atoms with Crippen molar-refractivity contribution in [2.24, 2.45) is 5.92 Å². The highest BCUT2D eigenvalue weighted by atomic mass is 35.5. The van der Waals surface area contributed by atoms with Crippen LogP contribution < -0.4 is 0 Å². The average molecular weight is 280 g/mol. The van der Waals surface area contributed by atoms with Crippen molar-refractivity contribution in [2.75, 3.05) is 0 Å². The van der Waals surface area contributed by atoms with Gasteiger partial charge in [0.1, 0.15) is 6.04 Å². The zero-order valence-electron chi connectivity index (χ0n) is 10.7. The summed E-state index contributed by atoms with van der Waals surface area (Å²) in [6.07, 6.45) is 0.649. The minimum atomic E-state index is -0.904. The van der Waals surface area contributed by atoms with Crippen molar-refractivity contribution < 1.29 is 14.4 Å². The summed E-state index contributed by atoms with van der Waals surface area (Å²) in [5.41, 5.74) is 0.664. The van der Waals surface area contributed by atoms with Crippen LogP contribution >= 0.6 is 11.6 Å². The van der Waals surface area contributed by atoms with Gasteiger partial charge in [-0.15, -0.1) is 0 Å². The molecule has 0 fully saturated rings. The molecule has 0 aromatic heterocycles. The quantitative estimate of drug-likeness (QED) is 0.628. The first kappa shape index (κ1) is 13.7. The minimum absolute atomic E-state index is 0.174. The summed E-state index contributed by atoms with van der Waals surface area (Å²) in [7, 11) is 0. The first-order valence-electron chi connectivity index (χ1n) is 6.15. The Hall–Kier alpha value is -1.68. The summed E-state index contributed by atoms with van der Waals surface area (Å²) >= 11 is 5.59. The molecular weight excluding hydrogens is 266 g/mol. The van der Waals surface area contributed by atoms with Crippen molar-refractivity contribution in [3.05, 3.63) is 35.4 Å². The number of benzene rings is 1. The molecule has 0 saturated carbocycles. The molecule has 4 nitrogen and oxygen atoms in total. The fourth-order valence-electron chi connectivity index (χ4n) is 2.26. The summed E-state index contributed by atoms with van der Waals surface area (Å²) < 4.78 is 0. The fraction of sp³-hybridized carbons (Fsp3) is 0.357. The van der Waals surface area contributed by atoms with Crippen LogP contribution in [0.15, 0.2) is 24.3 Å². The molecule has 1 aromatic carbocycles. The van der Waals surface area contributed by atoms with Crippen molar-refractivity contribution in [1.29, 1.82) is 0 Å². The Bertz CT molecular complexity index is 520. The van der Waals surface area contributed by atoms with Gasteiger partial charge in [0, 0.05) is 0 Å². The van der Waals surface area contributed by atoms with E-state index in [0.717, 1.165) is 4.90 Å². The van der Waals surface area contributed by atoms with Crippen molar-refractivity contribution >= 4 is 28.7 Å². The number of fused-ring (bicyclic) bond motifs is 1. The van der Waals surface area contributed by atoms with E-state index in [1.807, 2.05) is 6.92 Å². The molecule has 1 aliphatic rings. The second kappa shape index (κ2) is 5.13. The minimum Gasteiger partial charge on any atom is -0.279 e. The number of carbonyl (C=O) groups excluding carboxylic acids is 3. The van der Waals surface area contributed by atoms with Crippen LogP contribution in [0.25, 0.3) is 0 Å². The molecule has 1 aromatic rings. The number of carbonyl (C=O) groups is 3. The van der Waals surface area contributed by atoms with E-state index in [1.165, 1.54) is 0 Å². The second-order valence-electron chi connectivity index (χ2n) is 4.66. The molecule has 0 saturated heterocycles. The highest BCUT2D eigenvalue weighted by molar-refractivity contribution is 6.65. The van der Waals surface area contributed by atoms with Crippen LogP contribution in [0.4, 0.5) is 0 Å². The van der Waals surface area contributed by atoms with Crippen LogP contribution in [-0.4, -0.2) is 28.0 Å². The van der Waals surface area contributed by atoms with E-state index in [-0.39, 0.29) is 5.92 Å². The number of nitrogens with zero attached hydrogens (tertiary/aromatic N) is 1. The third-order valence-electron chi connectivity index (χ3n) is 3.52. The third kappa shape index (κ3) is 2.16. The number of hydrogen-bond acceptors (Lipinski definition) is 3. The van der Waals surface area contributed by atoms with E-state index in [2.05, 4.69) is 0 Å². The Labute approximate surface area is 116 Å². The molecule has 0 bridgehead atoms. The summed E-state index contributed by atoms with van der Waals surface area (Å²) in [5.74, 6) is -1.06. The highest BCUT2D eigenvalue weighted by Gasteiger charge is 2.43. The van der Waals surface area contributed by atoms with E-state index in [0.29, 0.717) is 17.5 Å². The summed E-state index contributed by atoms with van der Waals surface area (Å²) in [6.45, 7) is 3.68. The number of amides is 2. The Kier molecular flexibility index (Phi) is 3.71. The topological polar surface area (TPSA) is 54.5 Å². The molecule has 5 heteroatoms. The molecule has 0 aliphatic carbocycles. The number of imide groups is 1. The molecule has 2 atom stereocenters. The van der Waals surface area contributed by atoms with Gasteiger partial charge in [0.15, 0.2) is 0 Å². The van der Waals surface area contributed by atoms with E-state index in [1.54, 1.807) is 31.2 Å². The van der Waals surface area contributed by atoms with Crippen LogP contribution in [0.5, 0.6) is 0 Å². The van der Waals surface area contributed by atoms with Crippen LogP contribution in [0.2, 0.25) is 0 Å². The lowest BCUT2D eigenvalue weighted by molar-refractivity contribution is -0.116. The van der Waals surface area contributed by atoms with Gasteiger partial charge in [-0.05, 0) is 29.7 Å². The summed E-state index contributed by atoms with van der Waals surface area (Å²) in [4.78, 5) is 37.1. The highest BCUT2D eigenvalue weighted by Crippen LogP contribution is 2.28. The van der Waals surface area contributed by atoms with E-state index in [4.69, 9.17) is 11.6 Å². The smallest absolute Gasteiger partial charge is 0.262 e. The van der Waals surface area contributed by atoms with Crippen LogP contribution in [0.1, 0.15) is 41.0 Å². The monoisotopic (exact) mass is 279 g/mol. The Morgan fingerprint density at radius 2 is 1.68 bits per heavy atom. The number of rotatable bonds is 4. The molecule has 1 unspecified atom stereocenters. The molecular formula is C14H14ClNO3. The molecule has 2 amide bonds. The number of halogens is 1. The van der Waals surface area contributed by atoms with Gasteiger partial charge in [-0.25, -0.2) is 0 Å². The standard InChI is InChI=1S/C14H14ClNO3/c1-3-8(2)11(12(15)17)16-13(18)9-6-4-5-7-10(9)14(16)19/h4-8,11H,3H2,1-2H3/t8?,11-/m0/s1. The molecule has 2 rings (SSSR count). The lowest BCUT2D eigenvalue weighted by Crippen LogP contribution is -2.47. The van der Waals surface area contributed by atoms with E-state index < -0.39 is 23.1 Å². The van der Waals surface area contributed by atoms with Gasteiger partial charge >= 0.3 is 0 Å². The molecule has 1 heterocycles. The zero-order valence-corrected chi connectivity index (χ0v) is 11.5. The largest absolute Gasteiger partial charge is 0.279 e. The van der Waals surface area contributed by atoms with Gasteiger partial charge in [-0.1, -0.05) is 32.4 Å². The van der Waals surface area contributed by atoms with Gasteiger partial charge < -0.3 is 0 Å². The average Bonchev–Trinajstić information content (AvgIpc) is 2.64. The molecule has 0 N–H and O–H groups in total. The van der Waals surface area contributed by atoms with Crippen LogP contribution in [0, 0.1) is 5.92 Å². The fourth-order valence-corrected chi connectivity index (χ4v) is 2.58. The molecule has 19 heavy (non-hydrogen) atoms. The number of hydrogen-bond donors (Lipinski definition) is 0. The van der Waals surface area contributed by atoms with Crippen molar-refractivity contribution in [3.63, 3.8) is 0 Å². The predicted octanol–water partition coefficient (Wildman–Crippen LogP) is 2.46. The van der Waals surface area contributed by atoms with Gasteiger partial charge in [0.25, 0.3) is 11.8 Å². The molecule has 1 aliphatic heterocycles. The summed E-state index contributed by atoms with van der Waals surface area (Å²) in [6, 6.07) is 5.64. The Balaban J connectivity index is 2.45. The van der Waals surface area contributed by atoms with Crippen molar-refractivity contribution in [1.82, 2.24) is 4.90 Å². The molecule has 100 valence electrons. The van der Waals surface area contributed by atoms with Crippen LogP contribution in [0.3, 0.4) is 0 Å². The normalized spacial score (nSPS) is 17.3. The molecule has 0 radical (unpaired) electrons. The maximum absolute atomic E-state index is 12.3. The van der Waals surface area contributed by atoms with E-state index >= 15 is 0 Å². The second-order valence-corrected chi connectivity index (χ2v) is 5.03. The van der Waals surface area contributed by atoms with Crippen molar-refractivity contribution in [3.8, 4) is 0 Å². The summed E-state index contributed by atoms with van der Waals surface area (Å²) in [5, 5.41) is -0.677. The van der Waals surface area contributed by atoms with Gasteiger partial charge in [-0.2, -0.15) is 0 Å². The van der Waals surface area contributed by atoms with Crippen LogP contribution in [-0.2, 0) is 4.79 Å². The van der Waals surface area contributed by atoms with Gasteiger partial charge in [0.05, 0.1) is 11.1 Å².